The molecule has 2 aromatic rings. The fourth-order valence-electron chi connectivity index (χ4n) is 3.40. The van der Waals surface area contributed by atoms with Crippen LogP contribution in [0.1, 0.15) is 23.2 Å². The Labute approximate surface area is 174 Å². The number of anilines is 1. The summed E-state index contributed by atoms with van der Waals surface area (Å²) in [6.45, 7) is 1.64. The molecule has 3 rings (SSSR count). The van der Waals surface area contributed by atoms with Gasteiger partial charge in [-0.15, -0.1) is 0 Å². The van der Waals surface area contributed by atoms with Crippen LogP contribution in [0.4, 0.5) is 11.4 Å². The number of nitro groups is 1. The summed E-state index contributed by atoms with van der Waals surface area (Å²) in [6, 6.07) is 13.4. The molecule has 2 N–H and O–H groups in total. The van der Waals surface area contributed by atoms with E-state index >= 15 is 0 Å². The van der Waals surface area contributed by atoms with Crippen LogP contribution in [0.3, 0.4) is 0 Å². The van der Waals surface area contributed by atoms with E-state index in [1.165, 1.54) is 25.3 Å². The summed E-state index contributed by atoms with van der Waals surface area (Å²) >= 11 is 0. The van der Waals surface area contributed by atoms with E-state index in [1.54, 1.807) is 0 Å². The topological polar surface area (TPSA) is 114 Å². The molecule has 0 radical (unpaired) electrons. The number of para-hydroxylation sites is 1. The van der Waals surface area contributed by atoms with E-state index in [1.807, 2.05) is 35.2 Å². The quantitative estimate of drug-likeness (QED) is 0.533. The number of rotatable bonds is 7. The third-order valence-corrected chi connectivity index (χ3v) is 4.99. The molecular formula is C21H24N4O5. The van der Waals surface area contributed by atoms with E-state index in [2.05, 4.69) is 10.6 Å². The van der Waals surface area contributed by atoms with Crippen LogP contribution in [0.5, 0.6) is 5.75 Å². The monoisotopic (exact) mass is 412 g/mol. The first-order valence-corrected chi connectivity index (χ1v) is 9.67. The maximum Gasteiger partial charge on any atom is 0.311 e. The second-order valence-electron chi connectivity index (χ2n) is 7.08. The predicted octanol–water partition coefficient (Wildman–Crippen LogP) is 2.44. The van der Waals surface area contributed by atoms with Gasteiger partial charge in [-0.2, -0.15) is 0 Å². The van der Waals surface area contributed by atoms with Crippen LogP contribution in [0, 0.1) is 10.1 Å². The standard InChI is InChI=1S/C21H24N4O5/c1-30-19-8-7-15(13-18(19)25(28)29)21(27)23-17-9-11-24(12-10-17)14-20(26)22-16-5-3-2-4-6-16/h2-8,13,17H,9-12,14H2,1H3,(H,22,26)(H,23,27). The fraction of sp³-hybridized carbons (Fsp3) is 0.333. The number of nitro benzene ring substituents is 1. The Balaban J connectivity index is 1.48. The molecule has 158 valence electrons. The molecule has 2 amide bonds. The number of ether oxygens (including phenoxy) is 1. The van der Waals surface area contributed by atoms with Crippen molar-refractivity contribution in [2.24, 2.45) is 0 Å². The van der Waals surface area contributed by atoms with Gasteiger partial charge in [0.2, 0.25) is 5.91 Å². The van der Waals surface area contributed by atoms with E-state index in [0.717, 1.165) is 5.69 Å². The lowest BCUT2D eigenvalue weighted by Crippen LogP contribution is -2.46. The fourth-order valence-corrected chi connectivity index (χ4v) is 3.40. The molecule has 0 saturated carbocycles. The van der Waals surface area contributed by atoms with Gasteiger partial charge >= 0.3 is 5.69 Å². The Bertz CT molecular complexity index is 911. The number of amides is 2. The Morgan fingerprint density at radius 2 is 1.87 bits per heavy atom. The summed E-state index contributed by atoms with van der Waals surface area (Å²) in [4.78, 5) is 37.3. The van der Waals surface area contributed by atoms with Crippen molar-refractivity contribution >= 4 is 23.2 Å². The van der Waals surface area contributed by atoms with Crippen molar-refractivity contribution in [3.8, 4) is 5.75 Å². The molecule has 2 aromatic carbocycles. The minimum absolute atomic E-state index is 0.0490. The van der Waals surface area contributed by atoms with Gasteiger partial charge in [0, 0.05) is 36.4 Å². The van der Waals surface area contributed by atoms with E-state index in [0.29, 0.717) is 32.5 Å². The van der Waals surface area contributed by atoms with Gasteiger partial charge in [-0.1, -0.05) is 18.2 Å². The molecule has 0 bridgehead atoms. The molecule has 0 unspecified atom stereocenters. The third-order valence-electron chi connectivity index (χ3n) is 4.99. The first-order chi connectivity index (χ1) is 14.5. The number of methoxy groups -OCH3 is 1. The van der Waals surface area contributed by atoms with Crippen molar-refractivity contribution in [3.05, 3.63) is 64.2 Å². The second kappa shape index (κ2) is 9.84. The molecule has 9 nitrogen and oxygen atoms in total. The summed E-state index contributed by atoms with van der Waals surface area (Å²) in [7, 11) is 1.34. The van der Waals surface area contributed by atoms with Gasteiger partial charge in [0.15, 0.2) is 5.75 Å². The number of carbonyl (C=O) groups is 2. The average Bonchev–Trinajstić information content (AvgIpc) is 2.75. The highest BCUT2D eigenvalue weighted by Gasteiger charge is 2.24. The highest BCUT2D eigenvalue weighted by atomic mass is 16.6. The zero-order chi connectivity index (χ0) is 21.5. The predicted molar refractivity (Wildman–Crippen MR) is 112 cm³/mol. The SMILES string of the molecule is COc1ccc(C(=O)NC2CCN(CC(=O)Nc3ccccc3)CC2)cc1[N+](=O)[O-]. The number of nitrogens with one attached hydrogen (secondary N) is 2. The van der Waals surface area contributed by atoms with E-state index in [9.17, 15) is 19.7 Å². The molecule has 30 heavy (non-hydrogen) atoms. The Morgan fingerprint density at radius 3 is 2.50 bits per heavy atom. The molecule has 0 aliphatic carbocycles. The Hall–Kier alpha value is -3.46. The van der Waals surface area contributed by atoms with Crippen LogP contribution in [-0.4, -0.2) is 54.4 Å². The molecule has 0 spiro atoms. The summed E-state index contributed by atoms with van der Waals surface area (Å²) in [5, 5.41) is 16.9. The van der Waals surface area contributed by atoms with Gasteiger partial charge in [0.05, 0.1) is 18.6 Å². The number of carbonyl (C=O) groups excluding carboxylic acids is 2. The third kappa shape index (κ3) is 5.54. The normalized spacial score (nSPS) is 14.7. The van der Waals surface area contributed by atoms with Crippen molar-refractivity contribution in [3.63, 3.8) is 0 Å². The molecule has 1 fully saturated rings. The summed E-state index contributed by atoms with van der Waals surface area (Å²) in [5.74, 6) is -0.325. The van der Waals surface area contributed by atoms with Crippen LogP contribution >= 0.6 is 0 Å². The highest BCUT2D eigenvalue weighted by Crippen LogP contribution is 2.27. The maximum atomic E-state index is 12.5. The number of likely N-dealkylation sites (tertiary alicyclic amines) is 1. The first kappa shape index (κ1) is 21.3. The average molecular weight is 412 g/mol. The van der Waals surface area contributed by atoms with Gasteiger partial charge in [0.25, 0.3) is 5.91 Å². The van der Waals surface area contributed by atoms with Crippen molar-refractivity contribution in [2.75, 3.05) is 32.1 Å². The number of hydrogen-bond acceptors (Lipinski definition) is 6. The molecule has 1 saturated heterocycles. The van der Waals surface area contributed by atoms with Gasteiger partial charge in [0.1, 0.15) is 0 Å². The van der Waals surface area contributed by atoms with Crippen molar-refractivity contribution in [1.82, 2.24) is 10.2 Å². The zero-order valence-corrected chi connectivity index (χ0v) is 16.7. The number of benzene rings is 2. The first-order valence-electron chi connectivity index (χ1n) is 9.67. The van der Waals surface area contributed by atoms with Gasteiger partial charge in [-0.05, 0) is 37.1 Å². The number of nitrogens with zero attached hydrogens (tertiary/aromatic N) is 2. The second-order valence-corrected chi connectivity index (χ2v) is 7.08. The van der Waals surface area contributed by atoms with E-state index in [4.69, 9.17) is 4.74 Å². The van der Waals surface area contributed by atoms with Crippen LogP contribution < -0.4 is 15.4 Å². The molecule has 0 atom stereocenters. The minimum atomic E-state index is -0.575. The van der Waals surface area contributed by atoms with Crippen molar-refractivity contribution in [2.45, 2.75) is 18.9 Å². The Kier molecular flexibility index (Phi) is 6.97. The number of piperidine rings is 1. The van der Waals surface area contributed by atoms with Gasteiger partial charge in [-0.3, -0.25) is 24.6 Å². The molecule has 0 aromatic heterocycles. The minimum Gasteiger partial charge on any atom is -0.490 e. The highest BCUT2D eigenvalue weighted by molar-refractivity contribution is 5.95. The van der Waals surface area contributed by atoms with E-state index < -0.39 is 4.92 Å². The van der Waals surface area contributed by atoms with Gasteiger partial charge in [-0.25, -0.2) is 0 Å². The summed E-state index contributed by atoms with van der Waals surface area (Å²) < 4.78 is 4.96. The molecule has 1 heterocycles. The molecular weight excluding hydrogens is 388 g/mol. The van der Waals surface area contributed by atoms with Crippen molar-refractivity contribution < 1.29 is 19.2 Å². The number of hydrogen-bond donors (Lipinski definition) is 2. The van der Waals surface area contributed by atoms with Crippen LogP contribution in [0.25, 0.3) is 0 Å². The zero-order valence-electron chi connectivity index (χ0n) is 16.7. The largest absolute Gasteiger partial charge is 0.490 e. The molecule has 9 heteroatoms. The smallest absolute Gasteiger partial charge is 0.311 e. The van der Waals surface area contributed by atoms with E-state index in [-0.39, 0.29) is 34.9 Å². The van der Waals surface area contributed by atoms with Crippen molar-refractivity contribution in [1.29, 1.82) is 0 Å². The summed E-state index contributed by atoms with van der Waals surface area (Å²) in [5.41, 5.74) is 0.731. The lowest BCUT2D eigenvalue weighted by molar-refractivity contribution is -0.385. The lowest BCUT2D eigenvalue weighted by Gasteiger charge is -2.31. The molecule has 1 aliphatic heterocycles. The van der Waals surface area contributed by atoms with Gasteiger partial charge < -0.3 is 15.4 Å². The maximum absolute atomic E-state index is 12.5. The summed E-state index contributed by atoms with van der Waals surface area (Å²) in [6.07, 6.45) is 1.39. The van der Waals surface area contributed by atoms with Crippen LogP contribution in [0.2, 0.25) is 0 Å². The lowest BCUT2D eigenvalue weighted by atomic mass is 10.0. The van der Waals surface area contributed by atoms with Crippen LogP contribution in [0.15, 0.2) is 48.5 Å². The molecule has 1 aliphatic rings. The Morgan fingerprint density at radius 1 is 1.17 bits per heavy atom. The van der Waals surface area contributed by atoms with Crippen LogP contribution in [-0.2, 0) is 4.79 Å².